The molecular weight excluding hydrogens is 649 g/mol. The fourth-order valence-corrected chi connectivity index (χ4v) is 7.07. The zero-order chi connectivity index (χ0) is 29.6. The molecule has 1 N–H and O–H groups in total. The smallest absolute Gasteiger partial charge is 0.264 e. The summed E-state index contributed by atoms with van der Waals surface area (Å²) in [5.74, 6) is -0.819. The number of benzene rings is 3. The molecule has 1 aliphatic rings. The summed E-state index contributed by atoms with van der Waals surface area (Å²) in [4.78, 5) is 28.9. The van der Waals surface area contributed by atoms with E-state index in [1.165, 1.54) is 35.2 Å². The second kappa shape index (κ2) is 14.1. The first-order valence-electron chi connectivity index (χ1n) is 13.4. The number of anilines is 1. The molecule has 2 amide bonds. The third-order valence-corrected chi connectivity index (χ3v) is 9.88. The minimum atomic E-state index is -4.20. The SMILES string of the molecule is C[C@H](C(=O)NC1CCCCC1)N(Cc1ccc(Br)cc1)C(=O)CN(c1cc(Cl)cc(Cl)c1)S(=O)(=O)c1ccccc1. The summed E-state index contributed by atoms with van der Waals surface area (Å²) in [6, 6.07) is 18.8. The molecule has 3 aromatic carbocycles. The largest absolute Gasteiger partial charge is 0.352 e. The molecule has 1 fully saturated rings. The van der Waals surface area contributed by atoms with E-state index < -0.39 is 28.5 Å². The van der Waals surface area contributed by atoms with Gasteiger partial charge in [0.2, 0.25) is 11.8 Å². The van der Waals surface area contributed by atoms with Gasteiger partial charge in [-0.1, -0.05) is 88.7 Å². The van der Waals surface area contributed by atoms with Crippen molar-refractivity contribution in [1.29, 1.82) is 0 Å². The fourth-order valence-electron chi connectivity index (χ4n) is 4.87. The molecule has 0 heterocycles. The highest BCUT2D eigenvalue weighted by atomic mass is 79.9. The predicted octanol–water partition coefficient (Wildman–Crippen LogP) is 6.82. The van der Waals surface area contributed by atoms with Gasteiger partial charge in [0.25, 0.3) is 10.0 Å². The molecule has 41 heavy (non-hydrogen) atoms. The van der Waals surface area contributed by atoms with Crippen LogP contribution in [0, 0.1) is 0 Å². The van der Waals surface area contributed by atoms with Crippen molar-refractivity contribution < 1.29 is 18.0 Å². The second-order valence-electron chi connectivity index (χ2n) is 10.1. The minimum absolute atomic E-state index is 0.00597. The average Bonchev–Trinajstić information content (AvgIpc) is 2.95. The summed E-state index contributed by atoms with van der Waals surface area (Å²) >= 11 is 15.9. The summed E-state index contributed by atoms with van der Waals surface area (Å²) < 4.78 is 29.6. The molecular formula is C30H32BrCl2N3O4S. The number of hydrogen-bond donors (Lipinski definition) is 1. The van der Waals surface area contributed by atoms with E-state index in [1.807, 2.05) is 24.3 Å². The maximum atomic E-state index is 14.0. The van der Waals surface area contributed by atoms with Crippen molar-refractivity contribution in [2.24, 2.45) is 0 Å². The summed E-state index contributed by atoms with van der Waals surface area (Å²) in [5.41, 5.74) is 0.935. The highest BCUT2D eigenvalue weighted by Crippen LogP contribution is 2.30. The van der Waals surface area contributed by atoms with Crippen LogP contribution in [-0.4, -0.2) is 43.8 Å². The Hall–Kier alpha value is -2.59. The fraction of sp³-hybridized carbons (Fsp3) is 0.333. The van der Waals surface area contributed by atoms with Crippen LogP contribution in [0.1, 0.15) is 44.6 Å². The molecule has 0 unspecified atom stereocenters. The van der Waals surface area contributed by atoms with E-state index in [9.17, 15) is 18.0 Å². The van der Waals surface area contributed by atoms with E-state index in [-0.39, 0.29) is 39.1 Å². The number of halogens is 3. The van der Waals surface area contributed by atoms with Crippen LogP contribution in [0.15, 0.2) is 82.2 Å². The molecule has 7 nitrogen and oxygen atoms in total. The summed E-state index contributed by atoms with van der Waals surface area (Å²) in [5, 5.41) is 3.54. The van der Waals surface area contributed by atoms with Crippen LogP contribution in [0.5, 0.6) is 0 Å². The van der Waals surface area contributed by atoms with Gasteiger partial charge in [-0.05, 0) is 67.8 Å². The van der Waals surface area contributed by atoms with Crippen LogP contribution in [0.3, 0.4) is 0 Å². The number of amides is 2. The monoisotopic (exact) mass is 679 g/mol. The third-order valence-electron chi connectivity index (χ3n) is 7.13. The first-order chi connectivity index (χ1) is 19.5. The molecule has 0 radical (unpaired) electrons. The van der Waals surface area contributed by atoms with Gasteiger partial charge in [0, 0.05) is 27.1 Å². The Morgan fingerprint density at radius 2 is 1.56 bits per heavy atom. The van der Waals surface area contributed by atoms with Crippen LogP contribution in [-0.2, 0) is 26.2 Å². The lowest BCUT2D eigenvalue weighted by Gasteiger charge is -2.33. The van der Waals surface area contributed by atoms with E-state index in [1.54, 1.807) is 25.1 Å². The number of nitrogens with zero attached hydrogens (tertiary/aromatic N) is 2. The number of carbonyl (C=O) groups excluding carboxylic acids is 2. The van der Waals surface area contributed by atoms with Crippen molar-refractivity contribution in [2.45, 2.75) is 62.6 Å². The Balaban J connectivity index is 1.68. The van der Waals surface area contributed by atoms with Crippen molar-refractivity contribution in [1.82, 2.24) is 10.2 Å². The second-order valence-corrected chi connectivity index (χ2v) is 13.8. The predicted molar refractivity (Wildman–Crippen MR) is 167 cm³/mol. The van der Waals surface area contributed by atoms with Crippen molar-refractivity contribution in [3.8, 4) is 0 Å². The molecule has 4 rings (SSSR count). The first-order valence-corrected chi connectivity index (χ1v) is 16.4. The van der Waals surface area contributed by atoms with E-state index in [0.29, 0.717) is 0 Å². The maximum absolute atomic E-state index is 14.0. The average molecular weight is 681 g/mol. The van der Waals surface area contributed by atoms with Gasteiger partial charge in [0.1, 0.15) is 12.6 Å². The molecule has 1 aliphatic carbocycles. The molecule has 11 heteroatoms. The van der Waals surface area contributed by atoms with Crippen LogP contribution in [0.25, 0.3) is 0 Å². The van der Waals surface area contributed by atoms with Crippen molar-refractivity contribution in [2.75, 3.05) is 10.8 Å². The van der Waals surface area contributed by atoms with Crippen LogP contribution in [0.4, 0.5) is 5.69 Å². The van der Waals surface area contributed by atoms with Crippen LogP contribution in [0.2, 0.25) is 10.0 Å². The standard InChI is InChI=1S/C30H32BrCl2N3O4S/c1-21(30(38)34-26-8-4-2-5-9-26)35(19-22-12-14-23(31)15-13-22)29(37)20-36(27-17-24(32)16-25(33)18-27)41(39,40)28-10-6-3-7-11-28/h3,6-7,10-18,21,26H,2,4-5,8-9,19-20H2,1H3,(H,34,38)/t21-/m1/s1. The van der Waals surface area contributed by atoms with E-state index in [4.69, 9.17) is 23.2 Å². The Morgan fingerprint density at radius 1 is 0.951 bits per heavy atom. The summed E-state index contributed by atoms with van der Waals surface area (Å²) in [6.07, 6.45) is 5.05. The van der Waals surface area contributed by atoms with E-state index in [2.05, 4.69) is 21.2 Å². The van der Waals surface area contributed by atoms with Crippen LogP contribution >= 0.6 is 39.1 Å². The Morgan fingerprint density at radius 3 is 2.17 bits per heavy atom. The lowest BCUT2D eigenvalue weighted by atomic mass is 9.95. The van der Waals surface area contributed by atoms with Gasteiger partial charge in [0.05, 0.1) is 10.6 Å². The van der Waals surface area contributed by atoms with Gasteiger partial charge in [-0.2, -0.15) is 0 Å². The number of sulfonamides is 1. The third kappa shape index (κ3) is 8.25. The molecule has 1 saturated carbocycles. The molecule has 0 aliphatic heterocycles. The van der Waals surface area contributed by atoms with Gasteiger partial charge in [-0.15, -0.1) is 0 Å². The topological polar surface area (TPSA) is 86.8 Å². The van der Waals surface area contributed by atoms with Crippen molar-refractivity contribution >= 4 is 66.7 Å². The van der Waals surface area contributed by atoms with Crippen molar-refractivity contribution in [3.05, 3.63) is 92.9 Å². The maximum Gasteiger partial charge on any atom is 0.264 e. The highest BCUT2D eigenvalue weighted by molar-refractivity contribution is 9.10. The molecule has 0 saturated heterocycles. The Labute approximate surface area is 260 Å². The number of carbonyl (C=O) groups is 2. The van der Waals surface area contributed by atoms with Crippen molar-refractivity contribution in [3.63, 3.8) is 0 Å². The molecule has 3 aromatic rings. The van der Waals surface area contributed by atoms with E-state index >= 15 is 0 Å². The molecule has 0 spiro atoms. The van der Waals surface area contributed by atoms with Gasteiger partial charge < -0.3 is 10.2 Å². The molecule has 0 aromatic heterocycles. The Bertz CT molecular complexity index is 1450. The zero-order valence-corrected chi connectivity index (χ0v) is 26.5. The van der Waals surface area contributed by atoms with Gasteiger partial charge in [-0.3, -0.25) is 13.9 Å². The lowest BCUT2D eigenvalue weighted by Crippen LogP contribution is -2.53. The Kier molecular flexibility index (Phi) is 10.7. The number of hydrogen-bond acceptors (Lipinski definition) is 4. The molecule has 0 bridgehead atoms. The van der Waals surface area contributed by atoms with Gasteiger partial charge >= 0.3 is 0 Å². The number of nitrogens with one attached hydrogen (secondary N) is 1. The minimum Gasteiger partial charge on any atom is -0.352 e. The number of rotatable bonds is 10. The van der Waals surface area contributed by atoms with Crippen LogP contribution < -0.4 is 9.62 Å². The summed E-state index contributed by atoms with van der Waals surface area (Å²) in [6.45, 7) is 1.22. The summed E-state index contributed by atoms with van der Waals surface area (Å²) in [7, 11) is -4.20. The molecule has 1 atom stereocenters. The zero-order valence-electron chi connectivity index (χ0n) is 22.6. The highest BCUT2D eigenvalue weighted by Gasteiger charge is 2.33. The normalized spacial score (nSPS) is 14.7. The lowest BCUT2D eigenvalue weighted by molar-refractivity contribution is -0.139. The molecule has 218 valence electrons. The van der Waals surface area contributed by atoms with Gasteiger partial charge in [0.15, 0.2) is 0 Å². The van der Waals surface area contributed by atoms with E-state index in [0.717, 1.165) is 46.4 Å². The quantitative estimate of drug-likeness (QED) is 0.255. The van der Waals surface area contributed by atoms with Gasteiger partial charge in [-0.25, -0.2) is 8.42 Å². The first kappa shape index (κ1) is 31.3.